The molecule has 2 atom stereocenters. The summed E-state index contributed by atoms with van der Waals surface area (Å²) < 4.78 is 5.40. The quantitative estimate of drug-likeness (QED) is 0.904. The number of hydrogen-bond donors (Lipinski definition) is 2. The Morgan fingerprint density at radius 3 is 3.00 bits per heavy atom. The highest BCUT2D eigenvalue weighted by atomic mass is 16.5. The highest BCUT2D eigenvalue weighted by molar-refractivity contribution is 6.02. The molecule has 21 heavy (non-hydrogen) atoms. The maximum atomic E-state index is 11.2. The van der Waals surface area contributed by atoms with E-state index in [1.165, 1.54) is 0 Å². The van der Waals surface area contributed by atoms with Crippen LogP contribution in [0.1, 0.15) is 23.7 Å². The molecule has 0 saturated carbocycles. The number of carboxylic acids is 1. The van der Waals surface area contributed by atoms with E-state index in [1.807, 2.05) is 18.2 Å². The largest absolute Gasteiger partial charge is 0.478 e. The van der Waals surface area contributed by atoms with Crippen molar-refractivity contribution in [3.63, 3.8) is 0 Å². The lowest BCUT2D eigenvalue weighted by atomic mass is 10.0. The Morgan fingerprint density at radius 2 is 2.29 bits per heavy atom. The van der Waals surface area contributed by atoms with Crippen molar-refractivity contribution in [2.75, 3.05) is 18.5 Å². The first-order valence-corrected chi connectivity index (χ1v) is 7.12. The number of ether oxygens (including phenoxy) is 1. The van der Waals surface area contributed by atoms with E-state index in [0.29, 0.717) is 16.8 Å². The second-order valence-corrected chi connectivity index (χ2v) is 5.43. The Morgan fingerprint density at radius 1 is 1.43 bits per heavy atom. The van der Waals surface area contributed by atoms with Gasteiger partial charge in [-0.3, -0.25) is 0 Å². The zero-order chi connectivity index (χ0) is 14.8. The summed E-state index contributed by atoms with van der Waals surface area (Å²) in [6.45, 7) is 3.73. The van der Waals surface area contributed by atoms with Crippen LogP contribution in [0.25, 0.3) is 10.9 Å². The predicted octanol–water partition coefficient (Wildman–Crippen LogP) is 2.77. The van der Waals surface area contributed by atoms with Gasteiger partial charge in [0.15, 0.2) is 0 Å². The molecule has 0 amide bonds. The van der Waals surface area contributed by atoms with Crippen LogP contribution in [0.15, 0.2) is 30.3 Å². The number of benzene rings is 1. The van der Waals surface area contributed by atoms with Gasteiger partial charge in [-0.15, -0.1) is 0 Å². The van der Waals surface area contributed by atoms with Crippen LogP contribution in [-0.4, -0.2) is 35.3 Å². The van der Waals surface area contributed by atoms with E-state index in [0.717, 1.165) is 25.5 Å². The Bertz CT molecular complexity index is 666. The number of nitrogens with zero attached hydrogens (tertiary/aromatic N) is 1. The lowest BCUT2D eigenvalue weighted by Gasteiger charge is -2.20. The fourth-order valence-corrected chi connectivity index (χ4v) is 2.72. The maximum Gasteiger partial charge on any atom is 0.336 e. The molecule has 2 heterocycles. The number of aromatic carboxylic acids is 1. The van der Waals surface area contributed by atoms with Crippen LogP contribution in [0.4, 0.5) is 5.82 Å². The van der Waals surface area contributed by atoms with Crippen LogP contribution < -0.4 is 5.32 Å². The van der Waals surface area contributed by atoms with E-state index >= 15 is 0 Å². The van der Waals surface area contributed by atoms with Crippen molar-refractivity contribution < 1.29 is 14.6 Å². The minimum Gasteiger partial charge on any atom is -0.478 e. The van der Waals surface area contributed by atoms with Crippen LogP contribution in [0.2, 0.25) is 0 Å². The zero-order valence-electron chi connectivity index (χ0n) is 11.9. The molecule has 0 radical (unpaired) electrons. The van der Waals surface area contributed by atoms with Crippen molar-refractivity contribution >= 4 is 22.7 Å². The average molecular weight is 286 g/mol. The SMILES string of the molecule is CC(Nc1ccc2c(C(=O)O)cccc2n1)C1CCOC1. The molecule has 1 aliphatic heterocycles. The summed E-state index contributed by atoms with van der Waals surface area (Å²) >= 11 is 0. The molecule has 2 N–H and O–H groups in total. The van der Waals surface area contributed by atoms with Gasteiger partial charge in [-0.05, 0) is 37.6 Å². The van der Waals surface area contributed by atoms with Gasteiger partial charge in [0.25, 0.3) is 0 Å². The first kappa shape index (κ1) is 13.8. The van der Waals surface area contributed by atoms with Gasteiger partial charge in [-0.2, -0.15) is 0 Å². The molecule has 0 bridgehead atoms. The van der Waals surface area contributed by atoms with Crippen molar-refractivity contribution in [2.45, 2.75) is 19.4 Å². The third-order valence-corrected chi connectivity index (χ3v) is 4.01. The van der Waals surface area contributed by atoms with Crippen molar-refractivity contribution in [3.05, 3.63) is 35.9 Å². The predicted molar refractivity (Wildman–Crippen MR) is 80.7 cm³/mol. The first-order valence-electron chi connectivity index (χ1n) is 7.12. The second kappa shape index (κ2) is 5.69. The highest BCUT2D eigenvalue weighted by Gasteiger charge is 2.22. The van der Waals surface area contributed by atoms with Crippen molar-refractivity contribution in [1.82, 2.24) is 4.98 Å². The average Bonchev–Trinajstić information content (AvgIpc) is 3.00. The summed E-state index contributed by atoms with van der Waals surface area (Å²) in [5.74, 6) is 0.330. The number of aromatic nitrogens is 1. The monoisotopic (exact) mass is 286 g/mol. The lowest BCUT2D eigenvalue weighted by molar-refractivity contribution is 0.0699. The summed E-state index contributed by atoms with van der Waals surface area (Å²) in [6, 6.07) is 9.07. The first-order chi connectivity index (χ1) is 10.1. The summed E-state index contributed by atoms with van der Waals surface area (Å²) in [4.78, 5) is 15.7. The Hall–Kier alpha value is -2.14. The molecule has 0 aliphatic carbocycles. The lowest BCUT2D eigenvalue weighted by Crippen LogP contribution is -2.26. The minimum atomic E-state index is -0.931. The Kier molecular flexibility index (Phi) is 3.75. The summed E-state index contributed by atoms with van der Waals surface area (Å²) in [6.07, 6.45) is 1.06. The van der Waals surface area contributed by atoms with Gasteiger partial charge in [0.1, 0.15) is 5.82 Å². The molecule has 1 saturated heterocycles. The fraction of sp³-hybridized carbons (Fsp3) is 0.375. The van der Waals surface area contributed by atoms with Gasteiger partial charge >= 0.3 is 5.97 Å². The topological polar surface area (TPSA) is 71.5 Å². The number of carboxylic acid groups (broad SMARTS) is 1. The number of fused-ring (bicyclic) bond motifs is 1. The van der Waals surface area contributed by atoms with Gasteiger partial charge in [-0.25, -0.2) is 9.78 Å². The highest BCUT2D eigenvalue weighted by Crippen LogP contribution is 2.22. The van der Waals surface area contributed by atoms with E-state index < -0.39 is 5.97 Å². The van der Waals surface area contributed by atoms with E-state index in [9.17, 15) is 9.90 Å². The number of rotatable bonds is 4. The number of carbonyl (C=O) groups is 1. The van der Waals surface area contributed by atoms with Crippen LogP contribution in [0.5, 0.6) is 0 Å². The van der Waals surface area contributed by atoms with Crippen LogP contribution >= 0.6 is 0 Å². The molecule has 5 nitrogen and oxygen atoms in total. The van der Waals surface area contributed by atoms with Crippen LogP contribution in [0, 0.1) is 5.92 Å². The Labute approximate surface area is 123 Å². The van der Waals surface area contributed by atoms with E-state index in [2.05, 4.69) is 17.2 Å². The molecule has 3 rings (SSSR count). The van der Waals surface area contributed by atoms with Crippen molar-refractivity contribution in [1.29, 1.82) is 0 Å². The van der Waals surface area contributed by atoms with Gasteiger partial charge in [-0.1, -0.05) is 6.07 Å². The maximum absolute atomic E-state index is 11.2. The molecule has 1 aliphatic rings. The molecule has 1 fully saturated rings. The van der Waals surface area contributed by atoms with Gasteiger partial charge < -0.3 is 15.2 Å². The summed E-state index contributed by atoms with van der Waals surface area (Å²) in [5, 5.41) is 13.2. The van der Waals surface area contributed by atoms with E-state index in [-0.39, 0.29) is 11.6 Å². The molecule has 5 heteroatoms. The second-order valence-electron chi connectivity index (χ2n) is 5.43. The third-order valence-electron chi connectivity index (χ3n) is 4.01. The van der Waals surface area contributed by atoms with E-state index in [4.69, 9.17) is 4.74 Å². The molecule has 0 spiro atoms. The molecule has 2 unspecified atom stereocenters. The normalized spacial score (nSPS) is 19.6. The summed E-state index contributed by atoms with van der Waals surface area (Å²) in [5.41, 5.74) is 0.971. The smallest absolute Gasteiger partial charge is 0.336 e. The molecule has 110 valence electrons. The van der Waals surface area contributed by atoms with Gasteiger partial charge in [0.05, 0.1) is 17.7 Å². The number of pyridine rings is 1. The third kappa shape index (κ3) is 2.83. The van der Waals surface area contributed by atoms with E-state index in [1.54, 1.807) is 12.1 Å². The minimum absolute atomic E-state index is 0.278. The molecule has 1 aromatic heterocycles. The van der Waals surface area contributed by atoms with Crippen LogP contribution in [0.3, 0.4) is 0 Å². The standard InChI is InChI=1S/C16H18N2O3/c1-10(11-7-8-21-9-11)17-15-6-5-12-13(16(19)20)3-2-4-14(12)18-15/h2-6,10-11H,7-9H2,1H3,(H,17,18)(H,19,20). The molecule has 2 aromatic rings. The van der Waals surface area contributed by atoms with Gasteiger partial charge in [0, 0.05) is 24.0 Å². The van der Waals surface area contributed by atoms with Crippen LogP contribution in [-0.2, 0) is 4.74 Å². The molecular formula is C16H18N2O3. The summed E-state index contributed by atoms with van der Waals surface area (Å²) in [7, 11) is 0. The number of anilines is 1. The number of hydrogen-bond acceptors (Lipinski definition) is 4. The fourth-order valence-electron chi connectivity index (χ4n) is 2.72. The van der Waals surface area contributed by atoms with Crippen molar-refractivity contribution in [3.8, 4) is 0 Å². The Balaban J connectivity index is 1.85. The number of nitrogens with one attached hydrogen (secondary N) is 1. The molecule has 1 aromatic carbocycles. The van der Waals surface area contributed by atoms with Gasteiger partial charge in [0.2, 0.25) is 0 Å². The van der Waals surface area contributed by atoms with Crippen molar-refractivity contribution in [2.24, 2.45) is 5.92 Å². The zero-order valence-corrected chi connectivity index (χ0v) is 11.9. The molecular weight excluding hydrogens is 268 g/mol.